The van der Waals surface area contributed by atoms with Gasteiger partial charge in [-0.25, -0.2) is 4.68 Å². The first-order chi connectivity index (χ1) is 17.8. The smallest absolute Gasteiger partial charge is 0.340 e. The van der Waals surface area contributed by atoms with E-state index in [-0.39, 0.29) is 17.0 Å². The maximum Gasteiger partial charge on any atom is 0.340 e. The Hall–Kier alpha value is -1.96. The molecule has 3 heterocycles. The second-order valence-corrected chi connectivity index (χ2v) is 13.6. The van der Waals surface area contributed by atoms with E-state index in [1.165, 1.54) is 22.0 Å². The minimum absolute atomic E-state index is 0.0442. The van der Waals surface area contributed by atoms with Crippen LogP contribution in [0, 0.1) is 0 Å². The van der Waals surface area contributed by atoms with Crippen molar-refractivity contribution in [2.24, 2.45) is 0 Å². The predicted molar refractivity (Wildman–Crippen MR) is 135 cm³/mol. The van der Waals surface area contributed by atoms with Crippen molar-refractivity contribution in [3.8, 4) is 0 Å². The Morgan fingerprint density at radius 1 is 1.18 bits per heavy atom. The van der Waals surface area contributed by atoms with Crippen LogP contribution in [0.3, 0.4) is 0 Å². The Balaban J connectivity index is 1.40. The molecule has 14 nitrogen and oxygen atoms in total. The van der Waals surface area contributed by atoms with Crippen LogP contribution in [0.4, 0.5) is 5.82 Å². The molecule has 6 atom stereocenters. The second kappa shape index (κ2) is 10.2. The second-order valence-electron chi connectivity index (χ2n) is 9.29. The molecule has 1 aromatic carbocycles. The number of fused-ring (bicyclic) bond motifs is 2. The van der Waals surface area contributed by atoms with Crippen LogP contribution in [0.15, 0.2) is 30.5 Å². The molecule has 0 spiro atoms. The van der Waals surface area contributed by atoms with Gasteiger partial charge in [-0.15, -0.1) is 0 Å². The summed E-state index contributed by atoms with van der Waals surface area (Å²) in [6.45, 7) is -0.716. The number of nitrogens with zero attached hydrogens (tertiary/aromatic N) is 5. The van der Waals surface area contributed by atoms with Crippen molar-refractivity contribution in [2.45, 2.75) is 43.4 Å². The van der Waals surface area contributed by atoms with Gasteiger partial charge < -0.3 is 39.1 Å². The third-order valence-electron chi connectivity index (χ3n) is 6.69. The van der Waals surface area contributed by atoms with Gasteiger partial charge in [0.15, 0.2) is 17.8 Å². The van der Waals surface area contributed by atoms with E-state index in [4.69, 9.17) is 30.6 Å². The fourth-order valence-electron chi connectivity index (χ4n) is 4.96. The van der Waals surface area contributed by atoms with Gasteiger partial charge in [0.2, 0.25) is 5.28 Å². The van der Waals surface area contributed by atoms with Gasteiger partial charge in [-0.2, -0.15) is 15.1 Å². The molecule has 2 aromatic heterocycles. The van der Waals surface area contributed by atoms with Crippen LogP contribution >= 0.6 is 26.8 Å². The van der Waals surface area contributed by atoms with Crippen LogP contribution in [-0.4, -0.2) is 82.5 Å². The van der Waals surface area contributed by atoms with Crippen molar-refractivity contribution in [2.75, 3.05) is 24.5 Å². The Labute approximate surface area is 221 Å². The molecule has 3 aromatic rings. The summed E-state index contributed by atoms with van der Waals surface area (Å²) in [5, 5.41) is 25.9. The van der Waals surface area contributed by atoms with E-state index in [0.29, 0.717) is 11.2 Å². The number of anilines is 1. The van der Waals surface area contributed by atoms with E-state index in [0.717, 1.165) is 12.8 Å². The van der Waals surface area contributed by atoms with Crippen LogP contribution in [0.1, 0.15) is 29.8 Å². The van der Waals surface area contributed by atoms with Gasteiger partial charge in [0.25, 0.3) is 0 Å². The quantitative estimate of drug-likeness (QED) is 0.187. The minimum Gasteiger partial charge on any atom is -0.387 e. The molecule has 1 aliphatic heterocycles. The molecule has 5 rings (SSSR count). The average Bonchev–Trinajstić information content (AvgIpc) is 3.52. The highest BCUT2D eigenvalue weighted by Gasteiger charge is 2.46. The van der Waals surface area contributed by atoms with Gasteiger partial charge in [-0.3, -0.25) is 9.13 Å². The van der Waals surface area contributed by atoms with E-state index >= 15 is 0 Å². The molecule has 0 bridgehead atoms. The molecule has 0 saturated carbocycles. The number of rotatable bonds is 8. The van der Waals surface area contributed by atoms with Crippen molar-refractivity contribution in [1.29, 1.82) is 0 Å². The third-order valence-corrected chi connectivity index (χ3v) is 10.3. The average molecular weight is 590 g/mol. The highest BCUT2D eigenvalue weighted by Crippen LogP contribution is 2.55. The van der Waals surface area contributed by atoms with Gasteiger partial charge in [0, 0.05) is 7.05 Å². The van der Waals surface area contributed by atoms with Gasteiger partial charge >= 0.3 is 15.2 Å². The normalized spacial score (nSPS) is 27.0. The Kier molecular flexibility index (Phi) is 7.42. The van der Waals surface area contributed by atoms with Crippen molar-refractivity contribution >= 4 is 43.6 Å². The van der Waals surface area contributed by atoms with Crippen LogP contribution in [0.25, 0.3) is 11.0 Å². The van der Waals surface area contributed by atoms with Crippen molar-refractivity contribution in [3.05, 3.63) is 46.9 Å². The predicted octanol–water partition coefficient (Wildman–Crippen LogP) is 1.56. The lowest BCUT2D eigenvalue weighted by atomic mass is 10.1. The molecule has 38 heavy (non-hydrogen) atoms. The number of aliphatic hydroxyl groups is 2. The molecule has 1 aliphatic carbocycles. The zero-order chi connectivity index (χ0) is 27.4. The SMILES string of the molecule is CN(c1nc(Cl)nc2c1cnn2[C@@H]1O[C@H](COP(=O)(O)CP(=O)(O)O)[C@@H](O)[C@H]1O)[C@H]1CCc2ccccc21. The lowest BCUT2D eigenvalue weighted by Gasteiger charge is -2.27. The third kappa shape index (κ3) is 5.39. The summed E-state index contributed by atoms with van der Waals surface area (Å²) < 4.78 is 34.7. The summed E-state index contributed by atoms with van der Waals surface area (Å²) in [5.74, 6) is -0.880. The van der Waals surface area contributed by atoms with E-state index in [1.807, 2.05) is 24.1 Å². The number of benzene rings is 1. The summed E-state index contributed by atoms with van der Waals surface area (Å²) in [6.07, 6.45) is -2.39. The van der Waals surface area contributed by atoms with Gasteiger partial charge in [0.05, 0.1) is 24.2 Å². The lowest BCUT2D eigenvalue weighted by Crippen LogP contribution is -2.33. The zero-order valence-electron chi connectivity index (χ0n) is 20.0. The van der Waals surface area contributed by atoms with Crippen LogP contribution in [-0.2, 0) is 24.8 Å². The summed E-state index contributed by atoms with van der Waals surface area (Å²) in [7, 11) is -7.63. The lowest BCUT2D eigenvalue weighted by molar-refractivity contribution is -0.0541. The molecule has 1 unspecified atom stereocenters. The first-order valence-corrected chi connectivity index (χ1v) is 15.5. The highest BCUT2D eigenvalue weighted by atomic mass is 35.5. The summed E-state index contributed by atoms with van der Waals surface area (Å²) in [6, 6.07) is 8.20. The molecular formula is C21H26ClN5O9P2. The van der Waals surface area contributed by atoms with Gasteiger partial charge in [-0.05, 0) is 35.6 Å². The molecule has 5 N–H and O–H groups in total. The standard InChI is InChI=1S/C21H26ClN5O9P2/c1-26(14-7-6-11-4-2-3-5-12(11)14)18-13-8-23-27(19(13)25-21(22)24-18)20-17(29)16(28)15(36-20)9-35-38(33,34)10-37(30,31)32/h2-5,8,14-17,20,28-29H,6-7,9-10H2,1H3,(H,33,34)(H2,30,31,32)/t14-,15+,16+,17+,20+/m0/s1. The van der Waals surface area contributed by atoms with Crippen LogP contribution < -0.4 is 4.90 Å². The molecule has 17 heteroatoms. The van der Waals surface area contributed by atoms with Crippen LogP contribution in [0.5, 0.6) is 0 Å². The largest absolute Gasteiger partial charge is 0.387 e. The maximum absolute atomic E-state index is 12.0. The van der Waals surface area contributed by atoms with E-state index < -0.39 is 52.2 Å². The number of aliphatic hydroxyl groups excluding tert-OH is 2. The number of ether oxygens (including phenoxy) is 1. The summed E-state index contributed by atoms with van der Waals surface area (Å²) in [5.41, 5.74) is 2.67. The van der Waals surface area contributed by atoms with E-state index in [9.17, 15) is 24.2 Å². The molecule has 0 radical (unpaired) electrons. The molecule has 0 amide bonds. The summed E-state index contributed by atoms with van der Waals surface area (Å²) in [4.78, 5) is 38.3. The fourth-order valence-corrected chi connectivity index (χ4v) is 7.69. The molecule has 2 aliphatic rings. The number of hydrogen-bond acceptors (Lipinski definition) is 10. The van der Waals surface area contributed by atoms with Gasteiger partial charge in [-0.1, -0.05) is 24.3 Å². The highest BCUT2D eigenvalue weighted by molar-refractivity contribution is 7.70. The Morgan fingerprint density at radius 3 is 2.66 bits per heavy atom. The fraction of sp³-hybridized carbons (Fsp3) is 0.476. The van der Waals surface area contributed by atoms with E-state index in [1.54, 1.807) is 0 Å². The molecule has 1 saturated heterocycles. The zero-order valence-corrected chi connectivity index (χ0v) is 22.5. The Bertz CT molecular complexity index is 1450. The van der Waals surface area contributed by atoms with Crippen LogP contribution in [0.2, 0.25) is 5.28 Å². The topological polar surface area (TPSA) is 201 Å². The van der Waals surface area contributed by atoms with Crippen molar-refractivity contribution in [1.82, 2.24) is 19.7 Å². The van der Waals surface area contributed by atoms with Crippen molar-refractivity contribution in [3.63, 3.8) is 0 Å². The summed E-state index contributed by atoms with van der Waals surface area (Å²) >= 11 is 6.27. The first-order valence-electron chi connectivity index (χ1n) is 11.6. The Morgan fingerprint density at radius 2 is 1.92 bits per heavy atom. The van der Waals surface area contributed by atoms with Crippen molar-refractivity contribution < 1.29 is 43.3 Å². The molecule has 206 valence electrons. The van der Waals surface area contributed by atoms with E-state index in [2.05, 4.69) is 27.2 Å². The number of aryl methyl sites for hydroxylation is 1. The number of halogens is 1. The first kappa shape index (κ1) is 27.6. The monoisotopic (exact) mass is 589 g/mol. The maximum atomic E-state index is 12.0. The minimum atomic E-state index is -4.83. The number of hydrogen-bond donors (Lipinski definition) is 5. The molecule has 1 fully saturated rings. The molecular weight excluding hydrogens is 564 g/mol. The van der Waals surface area contributed by atoms with Gasteiger partial charge in [0.1, 0.15) is 24.1 Å². The number of aromatic nitrogens is 4.